The van der Waals surface area contributed by atoms with Crippen LogP contribution in [-0.4, -0.2) is 9.13 Å². The number of nitriles is 2. The first-order valence-corrected chi connectivity index (χ1v) is 16.0. The van der Waals surface area contributed by atoms with Gasteiger partial charge in [0.25, 0.3) is 0 Å². The molecule has 0 bridgehead atoms. The molecule has 49 heavy (non-hydrogen) atoms. The van der Waals surface area contributed by atoms with Gasteiger partial charge < -0.3 is 13.6 Å². The molecule has 0 aliphatic heterocycles. The molecule has 3 heterocycles. The molecule has 0 spiro atoms. The number of furan rings is 1. The van der Waals surface area contributed by atoms with E-state index in [1.54, 1.807) is 0 Å². The van der Waals surface area contributed by atoms with Crippen LogP contribution in [0, 0.1) is 34.8 Å². The molecular weight excluding hydrogens is 601 g/mol. The van der Waals surface area contributed by atoms with Crippen LogP contribution in [0.15, 0.2) is 138 Å². The Balaban J connectivity index is 1.27. The fraction of sp³-hybridized carbons (Fsp3) is 0. The molecule has 0 atom stereocenters. The molecule has 5 heteroatoms. The topological polar surface area (TPSA) is 70.6 Å². The molecular formula is C44H22N4O. The van der Waals surface area contributed by atoms with Crippen LogP contribution < -0.4 is 0 Å². The van der Waals surface area contributed by atoms with Crippen molar-refractivity contribution in [1.82, 2.24) is 9.13 Å². The van der Waals surface area contributed by atoms with Gasteiger partial charge in [-0.2, -0.15) is 10.5 Å². The second-order valence-corrected chi connectivity index (χ2v) is 12.2. The number of hydrogen-bond acceptors (Lipinski definition) is 3. The molecule has 3 aromatic heterocycles. The van der Waals surface area contributed by atoms with Crippen LogP contribution in [0.2, 0.25) is 0 Å². The molecule has 0 aliphatic carbocycles. The summed E-state index contributed by atoms with van der Waals surface area (Å²) in [5.74, 6) is 0. The summed E-state index contributed by atoms with van der Waals surface area (Å²) in [5.41, 5.74) is 10.4. The SMILES string of the molecule is N#Cc1ccc2c(c1)c1ccccc1n2-c1cccc(C#N)c1-c1ccc2oc3c(ccc4c5ccccc5n(-c5cc#ccc5)c43)c2c1. The van der Waals surface area contributed by atoms with Crippen molar-refractivity contribution >= 4 is 65.6 Å². The van der Waals surface area contributed by atoms with E-state index >= 15 is 0 Å². The molecule has 0 fully saturated rings. The maximum absolute atomic E-state index is 10.4. The summed E-state index contributed by atoms with van der Waals surface area (Å²) in [6.07, 6.45) is 0. The zero-order chi connectivity index (χ0) is 32.6. The molecule has 10 rings (SSSR count). The molecule has 0 saturated carbocycles. The Bertz CT molecular complexity index is 3070. The van der Waals surface area contributed by atoms with Crippen LogP contribution in [0.3, 0.4) is 0 Å². The summed E-state index contributed by atoms with van der Waals surface area (Å²) in [6.45, 7) is 0. The summed E-state index contributed by atoms with van der Waals surface area (Å²) in [5, 5.41) is 26.4. The predicted octanol–water partition coefficient (Wildman–Crippen LogP) is 10.8. The first-order chi connectivity index (χ1) is 24.2. The van der Waals surface area contributed by atoms with Gasteiger partial charge in [0.15, 0.2) is 5.58 Å². The number of benzene rings is 6. The summed E-state index contributed by atoms with van der Waals surface area (Å²) in [6, 6.07) is 55.5. The zero-order valence-electron chi connectivity index (χ0n) is 25.9. The van der Waals surface area contributed by atoms with E-state index in [4.69, 9.17) is 4.42 Å². The molecule has 0 N–H and O–H groups in total. The zero-order valence-corrected chi connectivity index (χ0v) is 25.9. The van der Waals surface area contributed by atoms with Crippen LogP contribution in [0.4, 0.5) is 0 Å². The van der Waals surface area contributed by atoms with E-state index in [0.29, 0.717) is 11.1 Å². The normalized spacial score (nSPS) is 11.5. The Kier molecular flexibility index (Phi) is 5.56. The average molecular weight is 623 g/mol. The van der Waals surface area contributed by atoms with Gasteiger partial charge in [-0.05, 0) is 78.4 Å². The lowest BCUT2D eigenvalue weighted by molar-refractivity contribution is 0.671. The lowest BCUT2D eigenvalue weighted by Crippen LogP contribution is -1.99. The van der Waals surface area contributed by atoms with Gasteiger partial charge in [0.2, 0.25) is 0 Å². The highest BCUT2D eigenvalue weighted by Crippen LogP contribution is 2.43. The third kappa shape index (κ3) is 3.75. The Morgan fingerprint density at radius 2 is 1.35 bits per heavy atom. The van der Waals surface area contributed by atoms with E-state index in [2.05, 4.69) is 94.1 Å². The number of rotatable bonds is 3. The van der Waals surface area contributed by atoms with Crippen LogP contribution in [-0.2, 0) is 0 Å². The van der Waals surface area contributed by atoms with Crippen molar-refractivity contribution in [1.29, 1.82) is 10.5 Å². The van der Waals surface area contributed by atoms with Gasteiger partial charge in [0.1, 0.15) is 5.58 Å². The van der Waals surface area contributed by atoms with Gasteiger partial charge in [0, 0.05) is 43.9 Å². The molecule has 7 aromatic carbocycles. The van der Waals surface area contributed by atoms with Crippen molar-refractivity contribution in [2.24, 2.45) is 0 Å². The Morgan fingerprint density at radius 1 is 0.571 bits per heavy atom. The summed E-state index contributed by atoms with van der Waals surface area (Å²) >= 11 is 0. The van der Waals surface area contributed by atoms with Crippen LogP contribution in [0.25, 0.3) is 88.1 Å². The van der Waals surface area contributed by atoms with Crippen molar-refractivity contribution < 1.29 is 4.42 Å². The van der Waals surface area contributed by atoms with Crippen molar-refractivity contribution in [3.05, 3.63) is 157 Å². The standard InChI is InChI=1S/C44H22N4O/c45-25-27-17-21-39-35(23-27)32-13-5-7-15-38(32)48(39)40-16-8-9-29(26-46)42(40)28-18-22-41-36(24-28)34-20-19-33-31-12-4-6-14-37(31)47(43(33)44(34)49-41)30-10-2-1-3-11-30/h2,4-24H. The second-order valence-electron chi connectivity index (χ2n) is 12.2. The van der Waals surface area contributed by atoms with Gasteiger partial charge in [0.05, 0.1) is 56.7 Å². The third-order valence-electron chi connectivity index (χ3n) is 9.67. The largest absolute Gasteiger partial charge is 0.454 e. The maximum Gasteiger partial charge on any atom is 0.160 e. The van der Waals surface area contributed by atoms with Crippen LogP contribution in [0.5, 0.6) is 0 Å². The summed E-state index contributed by atoms with van der Waals surface area (Å²) in [7, 11) is 0. The van der Waals surface area contributed by atoms with Gasteiger partial charge in [-0.15, -0.1) is 0 Å². The molecule has 0 unspecified atom stereocenters. The monoisotopic (exact) mass is 622 g/mol. The molecule has 10 aromatic rings. The van der Waals surface area contributed by atoms with Crippen molar-refractivity contribution in [3.63, 3.8) is 0 Å². The molecule has 0 radical (unpaired) electrons. The number of aromatic nitrogens is 2. The minimum absolute atomic E-state index is 0.573. The van der Waals surface area contributed by atoms with E-state index in [0.717, 1.165) is 88.1 Å². The molecule has 0 aliphatic rings. The molecule has 224 valence electrons. The number of para-hydroxylation sites is 2. The van der Waals surface area contributed by atoms with Crippen LogP contribution in [0.1, 0.15) is 11.1 Å². The Hall–Kier alpha value is -7.26. The molecule has 0 saturated heterocycles. The van der Waals surface area contributed by atoms with E-state index < -0.39 is 0 Å². The predicted molar refractivity (Wildman–Crippen MR) is 195 cm³/mol. The van der Waals surface area contributed by atoms with E-state index in [1.165, 1.54) is 0 Å². The summed E-state index contributed by atoms with van der Waals surface area (Å²) < 4.78 is 11.2. The first kappa shape index (κ1) is 26.9. The van der Waals surface area contributed by atoms with E-state index in [9.17, 15) is 10.5 Å². The Labute approximate surface area is 280 Å². The van der Waals surface area contributed by atoms with Crippen molar-refractivity contribution in [3.8, 4) is 34.6 Å². The highest BCUT2D eigenvalue weighted by Gasteiger charge is 2.22. The molecule has 5 nitrogen and oxygen atoms in total. The Morgan fingerprint density at radius 3 is 2.14 bits per heavy atom. The number of hydrogen-bond donors (Lipinski definition) is 0. The summed E-state index contributed by atoms with van der Waals surface area (Å²) in [4.78, 5) is 0. The van der Waals surface area contributed by atoms with E-state index in [-0.39, 0.29) is 0 Å². The van der Waals surface area contributed by atoms with E-state index in [1.807, 2.05) is 72.8 Å². The lowest BCUT2D eigenvalue weighted by atomic mass is 9.96. The van der Waals surface area contributed by atoms with Gasteiger partial charge >= 0.3 is 0 Å². The third-order valence-corrected chi connectivity index (χ3v) is 9.67. The van der Waals surface area contributed by atoms with Crippen molar-refractivity contribution in [2.45, 2.75) is 0 Å². The smallest absolute Gasteiger partial charge is 0.160 e. The first-order valence-electron chi connectivity index (χ1n) is 16.0. The second kappa shape index (κ2) is 10.1. The minimum Gasteiger partial charge on any atom is -0.454 e. The lowest BCUT2D eigenvalue weighted by Gasteiger charge is -2.15. The number of fused-ring (bicyclic) bond motifs is 10. The quantitative estimate of drug-likeness (QED) is 0.197. The van der Waals surface area contributed by atoms with Crippen molar-refractivity contribution in [2.75, 3.05) is 0 Å². The van der Waals surface area contributed by atoms with Gasteiger partial charge in [-0.1, -0.05) is 66.7 Å². The number of nitrogens with zero attached hydrogens (tertiary/aromatic N) is 4. The highest BCUT2D eigenvalue weighted by atomic mass is 16.3. The molecule has 0 amide bonds. The highest BCUT2D eigenvalue weighted by molar-refractivity contribution is 6.22. The minimum atomic E-state index is 0.573. The fourth-order valence-electron chi connectivity index (χ4n) is 7.61. The van der Waals surface area contributed by atoms with Gasteiger partial charge in [-0.25, -0.2) is 0 Å². The van der Waals surface area contributed by atoms with Crippen LogP contribution >= 0.6 is 0 Å². The average Bonchev–Trinajstić information content (AvgIpc) is 3.82. The van der Waals surface area contributed by atoms with Gasteiger partial charge in [-0.3, -0.25) is 0 Å². The maximum atomic E-state index is 10.4. The fourth-order valence-corrected chi connectivity index (χ4v) is 7.61.